The SMILES string of the molecule is c1ccc(-c2nc(-c3ccc4ccccc4c3)nc(-c3cccc4ccc(-n5c6ccccc6c6cc7cc(-n8c9ccccc9c9cc%10ccccc%10cc98)ccc7cc65)cc34)n2)cc1. The standard InChI is InChI=1S/C61H37N5/c1-2-14-40(15-3-1)59-62-60(45-26-25-38-13-4-5-16-41(38)31-45)64-61(63-59)51-22-12-19-39-27-29-48(37-52(39)51)66-56-24-11-9-21-50(56)54-34-46-32-47(30-28-44(46)36-58(54)66)65-55-23-10-8-20-49(55)53-33-42-17-6-7-18-43(42)35-57(53)65/h1-37H. The van der Waals surface area contributed by atoms with Crippen molar-refractivity contribution in [2.75, 3.05) is 0 Å². The lowest BCUT2D eigenvalue weighted by atomic mass is 10.0. The molecule has 0 N–H and O–H groups in total. The quantitative estimate of drug-likeness (QED) is 0.173. The van der Waals surface area contributed by atoms with E-state index in [1.54, 1.807) is 0 Å². The Bertz CT molecular complexity index is 4290. The highest BCUT2D eigenvalue weighted by Gasteiger charge is 2.19. The van der Waals surface area contributed by atoms with E-state index in [4.69, 9.17) is 15.0 Å². The van der Waals surface area contributed by atoms with E-state index in [1.165, 1.54) is 59.5 Å². The van der Waals surface area contributed by atoms with Crippen molar-refractivity contribution in [3.8, 4) is 45.5 Å². The van der Waals surface area contributed by atoms with Crippen molar-refractivity contribution >= 4 is 86.7 Å². The Morgan fingerprint density at radius 1 is 0.242 bits per heavy atom. The van der Waals surface area contributed by atoms with Gasteiger partial charge in [0.2, 0.25) is 0 Å². The Balaban J connectivity index is 0.944. The van der Waals surface area contributed by atoms with Gasteiger partial charge in [-0.05, 0) is 110 Å². The van der Waals surface area contributed by atoms with E-state index in [0.717, 1.165) is 55.3 Å². The minimum atomic E-state index is 0.634. The van der Waals surface area contributed by atoms with Crippen LogP contribution in [0.2, 0.25) is 0 Å². The van der Waals surface area contributed by atoms with Crippen molar-refractivity contribution in [1.29, 1.82) is 0 Å². The summed E-state index contributed by atoms with van der Waals surface area (Å²) < 4.78 is 4.84. The number of benzene rings is 11. The highest BCUT2D eigenvalue weighted by molar-refractivity contribution is 6.16. The molecule has 0 bridgehead atoms. The Labute approximate surface area is 379 Å². The van der Waals surface area contributed by atoms with Crippen LogP contribution in [0.1, 0.15) is 0 Å². The lowest BCUT2D eigenvalue weighted by molar-refractivity contribution is 1.08. The molecule has 0 unspecified atom stereocenters. The molecule has 3 heterocycles. The number of para-hydroxylation sites is 2. The average molecular weight is 840 g/mol. The summed E-state index contributed by atoms with van der Waals surface area (Å²) in [6, 6.07) is 80.7. The zero-order valence-corrected chi connectivity index (χ0v) is 35.6. The molecule has 3 aromatic heterocycles. The molecule has 0 saturated carbocycles. The van der Waals surface area contributed by atoms with E-state index in [9.17, 15) is 0 Å². The molecule has 0 aliphatic carbocycles. The van der Waals surface area contributed by atoms with Gasteiger partial charge in [0, 0.05) is 49.6 Å². The van der Waals surface area contributed by atoms with Crippen molar-refractivity contribution in [1.82, 2.24) is 24.1 Å². The zero-order chi connectivity index (χ0) is 43.3. The van der Waals surface area contributed by atoms with Crippen LogP contribution in [0.3, 0.4) is 0 Å². The van der Waals surface area contributed by atoms with Crippen LogP contribution in [0, 0.1) is 0 Å². The molecule has 0 atom stereocenters. The second kappa shape index (κ2) is 14.3. The normalized spacial score (nSPS) is 11.9. The highest BCUT2D eigenvalue weighted by atomic mass is 15.0. The fourth-order valence-corrected chi connectivity index (χ4v) is 10.3. The van der Waals surface area contributed by atoms with Gasteiger partial charge in [-0.25, -0.2) is 15.0 Å². The second-order valence-corrected chi connectivity index (χ2v) is 17.3. The summed E-state index contributed by atoms with van der Waals surface area (Å²) >= 11 is 0. The Kier molecular flexibility index (Phi) is 7.91. The van der Waals surface area contributed by atoms with E-state index in [1.807, 2.05) is 18.2 Å². The van der Waals surface area contributed by atoms with Gasteiger partial charge < -0.3 is 9.13 Å². The predicted octanol–water partition coefficient (Wildman–Crippen LogP) is 15.7. The summed E-state index contributed by atoms with van der Waals surface area (Å²) in [6.07, 6.45) is 0. The maximum atomic E-state index is 5.22. The maximum Gasteiger partial charge on any atom is 0.164 e. The zero-order valence-electron chi connectivity index (χ0n) is 35.6. The van der Waals surface area contributed by atoms with Crippen molar-refractivity contribution in [3.63, 3.8) is 0 Å². The smallest absolute Gasteiger partial charge is 0.164 e. The number of rotatable bonds is 5. The number of nitrogens with zero attached hydrogens (tertiary/aromatic N) is 5. The first-order chi connectivity index (χ1) is 32.7. The van der Waals surface area contributed by atoms with Crippen LogP contribution in [-0.2, 0) is 0 Å². The van der Waals surface area contributed by atoms with Crippen LogP contribution in [0.4, 0.5) is 0 Å². The van der Waals surface area contributed by atoms with Crippen LogP contribution in [-0.4, -0.2) is 24.1 Å². The molecule has 14 rings (SSSR count). The van der Waals surface area contributed by atoms with E-state index in [0.29, 0.717) is 17.5 Å². The van der Waals surface area contributed by atoms with E-state index >= 15 is 0 Å². The van der Waals surface area contributed by atoms with Crippen LogP contribution < -0.4 is 0 Å². The van der Waals surface area contributed by atoms with Crippen molar-refractivity contribution in [2.24, 2.45) is 0 Å². The van der Waals surface area contributed by atoms with Crippen molar-refractivity contribution in [3.05, 3.63) is 224 Å². The first-order valence-electron chi connectivity index (χ1n) is 22.4. The molecule has 0 aliphatic heterocycles. The fraction of sp³-hybridized carbons (Fsp3) is 0. The average Bonchev–Trinajstić information content (AvgIpc) is 3.88. The van der Waals surface area contributed by atoms with Gasteiger partial charge in [0.05, 0.1) is 22.1 Å². The summed E-state index contributed by atoms with van der Waals surface area (Å²) in [6.45, 7) is 0. The summed E-state index contributed by atoms with van der Waals surface area (Å²) in [5, 5.41) is 14.3. The summed E-state index contributed by atoms with van der Waals surface area (Å²) in [4.78, 5) is 15.5. The summed E-state index contributed by atoms with van der Waals surface area (Å²) in [7, 11) is 0. The Morgan fingerprint density at radius 3 is 1.45 bits per heavy atom. The lowest BCUT2D eigenvalue weighted by Crippen LogP contribution is -2.01. The van der Waals surface area contributed by atoms with Crippen LogP contribution in [0.15, 0.2) is 224 Å². The number of hydrogen-bond acceptors (Lipinski definition) is 3. The highest BCUT2D eigenvalue weighted by Crippen LogP contribution is 2.40. The van der Waals surface area contributed by atoms with Gasteiger partial charge in [0.15, 0.2) is 17.5 Å². The van der Waals surface area contributed by atoms with E-state index in [2.05, 4.69) is 215 Å². The van der Waals surface area contributed by atoms with Gasteiger partial charge in [0.25, 0.3) is 0 Å². The molecule has 0 amide bonds. The molecule has 5 heteroatoms. The Hall–Kier alpha value is -8.93. The molecule has 306 valence electrons. The van der Waals surface area contributed by atoms with Gasteiger partial charge >= 0.3 is 0 Å². The molecule has 14 aromatic rings. The van der Waals surface area contributed by atoms with Gasteiger partial charge in [-0.15, -0.1) is 0 Å². The van der Waals surface area contributed by atoms with Crippen LogP contribution in [0.25, 0.3) is 132 Å². The molecule has 66 heavy (non-hydrogen) atoms. The minimum Gasteiger partial charge on any atom is -0.309 e. The number of aromatic nitrogens is 5. The van der Waals surface area contributed by atoms with E-state index < -0.39 is 0 Å². The second-order valence-electron chi connectivity index (χ2n) is 17.3. The summed E-state index contributed by atoms with van der Waals surface area (Å²) in [5.41, 5.74) is 9.78. The first kappa shape index (κ1) is 36.5. The molecule has 0 saturated heterocycles. The number of hydrogen-bond donors (Lipinski definition) is 0. The molecule has 0 spiro atoms. The molecule has 0 aliphatic rings. The van der Waals surface area contributed by atoms with Gasteiger partial charge in [0.1, 0.15) is 0 Å². The van der Waals surface area contributed by atoms with Crippen LogP contribution >= 0.6 is 0 Å². The fourth-order valence-electron chi connectivity index (χ4n) is 10.3. The monoisotopic (exact) mass is 839 g/mol. The maximum absolute atomic E-state index is 5.22. The molecular weight excluding hydrogens is 803 g/mol. The third-order valence-electron chi connectivity index (χ3n) is 13.5. The van der Waals surface area contributed by atoms with Crippen molar-refractivity contribution in [2.45, 2.75) is 0 Å². The van der Waals surface area contributed by atoms with E-state index in [-0.39, 0.29) is 0 Å². The molecule has 0 radical (unpaired) electrons. The molecule has 5 nitrogen and oxygen atoms in total. The third kappa shape index (κ3) is 5.70. The van der Waals surface area contributed by atoms with Gasteiger partial charge in [-0.1, -0.05) is 158 Å². The topological polar surface area (TPSA) is 48.5 Å². The lowest BCUT2D eigenvalue weighted by Gasteiger charge is -2.13. The van der Waals surface area contributed by atoms with Gasteiger partial charge in [-0.3, -0.25) is 0 Å². The minimum absolute atomic E-state index is 0.634. The third-order valence-corrected chi connectivity index (χ3v) is 13.5. The molecular formula is C61H37N5. The summed E-state index contributed by atoms with van der Waals surface area (Å²) in [5.74, 6) is 1.91. The van der Waals surface area contributed by atoms with Gasteiger partial charge in [-0.2, -0.15) is 0 Å². The first-order valence-corrected chi connectivity index (χ1v) is 22.4. The molecule has 0 fully saturated rings. The number of fused-ring (bicyclic) bond motifs is 10. The van der Waals surface area contributed by atoms with Crippen molar-refractivity contribution < 1.29 is 0 Å². The molecule has 11 aromatic carbocycles. The van der Waals surface area contributed by atoms with Crippen LogP contribution in [0.5, 0.6) is 0 Å². The predicted molar refractivity (Wildman–Crippen MR) is 275 cm³/mol. The largest absolute Gasteiger partial charge is 0.309 e. The Morgan fingerprint density at radius 2 is 0.742 bits per heavy atom.